The third-order valence-electron chi connectivity index (χ3n) is 6.44. The molecule has 2 aromatic carbocycles. The van der Waals surface area contributed by atoms with Crippen LogP contribution in [0.1, 0.15) is 55.4 Å². The first-order valence-corrected chi connectivity index (χ1v) is 7.87. The third kappa shape index (κ3) is 1.36. The second-order valence-electron chi connectivity index (χ2n) is 7.15. The van der Waals surface area contributed by atoms with Gasteiger partial charge in [0.05, 0.1) is 6.10 Å². The molecule has 0 aliphatic heterocycles. The van der Waals surface area contributed by atoms with Crippen LogP contribution in [0, 0.1) is 5.41 Å². The fourth-order valence-corrected chi connectivity index (χ4v) is 4.88. The van der Waals surface area contributed by atoms with E-state index in [-0.39, 0.29) is 16.9 Å². The van der Waals surface area contributed by atoms with Crippen LogP contribution in [0.3, 0.4) is 0 Å². The van der Waals surface area contributed by atoms with Gasteiger partial charge in [-0.1, -0.05) is 62.4 Å². The minimum Gasteiger partial charge on any atom is -0.393 e. The molecule has 0 fully saturated rings. The zero-order valence-corrected chi connectivity index (χ0v) is 12.9. The van der Waals surface area contributed by atoms with Crippen molar-refractivity contribution in [2.45, 2.75) is 44.6 Å². The molecule has 5 rings (SSSR count). The molecule has 3 aliphatic rings. The lowest BCUT2D eigenvalue weighted by molar-refractivity contribution is -0.0180. The summed E-state index contributed by atoms with van der Waals surface area (Å²) < 4.78 is 0. The van der Waals surface area contributed by atoms with Gasteiger partial charge >= 0.3 is 0 Å². The van der Waals surface area contributed by atoms with Crippen LogP contribution in [0.15, 0.2) is 48.5 Å². The maximum absolute atomic E-state index is 10.6. The molecule has 108 valence electrons. The molecule has 0 heterocycles. The molecular weight excluding hydrogens is 256 g/mol. The van der Waals surface area contributed by atoms with Gasteiger partial charge in [0.15, 0.2) is 0 Å². The molecule has 2 bridgehead atoms. The molecule has 2 aromatic rings. The smallest absolute Gasteiger partial charge is 0.0577 e. The molecule has 1 heteroatoms. The Hall–Kier alpha value is -1.60. The number of aliphatic hydroxyl groups excluding tert-OH is 1. The predicted octanol–water partition coefficient (Wildman–Crippen LogP) is 4.23. The molecule has 0 aromatic heterocycles. The van der Waals surface area contributed by atoms with Crippen molar-refractivity contribution in [3.8, 4) is 0 Å². The Labute approximate surface area is 126 Å². The van der Waals surface area contributed by atoms with E-state index < -0.39 is 0 Å². The Balaban J connectivity index is 2.11. The number of hydrogen-bond acceptors (Lipinski definition) is 1. The van der Waals surface area contributed by atoms with E-state index in [1.807, 2.05) is 6.92 Å². The predicted molar refractivity (Wildman–Crippen MR) is 85.6 cm³/mol. The van der Waals surface area contributed by atoms with Gasteiger partial charge in [-0.3, -0.25) is 0 Å². The first-order valence-electron chi connectivity index (χ1n) is 7.87. The van der Waals surface area contributed by atoms with Gasteiger partial charge in [0.25, 0.3) is 0 Å². The van der Waals surface area contributed by atoms with Crippen LogP contribution in [0.25, 0.3) is 0 Å². The van der Waals surface area contributed by atoms with E-state index in [0.29, 0.717) is 5.92 Å². The number of aliphatic hydroxyl groups is 1. The van der Waals surface area contributed by atoms with Crippen molar-refractivity contribution in [3.05, 3.63) is 70.8 Å². The summed E-state index contributed by atoms with van der Waals surface area (Å²) in [4.78, 5) is 0. The van der Waals surface area contributed by atoms with Gasteiger partial charge in [0.2, 0.25) is 0 Å². The highest BCUT2D eigenvalue weighted by Gasteiger charge is 2.59. The molecule has 0 radical (unpaired) electrons. The van der Waals surface area contributed by atoms with Gasteiger partial charge < -0.3 is 5.11 Å². The van der Waals surface area contributed by atoms with E-state index in [1.165, 1.54) is 22.3 Å². The Kier molecular flexibility index (Phi) is 2.48. The van der Waals surface area contributed by atoms with E-state index in [1.54, 1.807) is 0 Å². The van der Waals surface area contributed by atoms with E-state index in [0.717, 1.165) is 6.42 Å². The normalized spacial score (nSPS) is 34.2. The topological polar surface area (TPSA) is 20.2 Å². The van der Waals surface area contributed by atoms with Gasteiger partial charge in [0.1, 0.15) is 0 Å². The van der Waals surface area contributed by atoms with Gasteiger partial charge in [0, 0.05) is 16.7 Å². The number of benzene rings is 2. The molecule has 21 heavy (non-hydrogen) atoms. The summed E-state index contributed by atoms with van der Waals surface area (Å²) in [6.07, 6.45) is 0.696. The van der Waals surface area contributed by atoms with E-state index in [2.05, 4.69) is 62.4 Å². The number of hydrogen-bond donors (Lipinski definition) is 1. The van der Waals surface area contributed by atoms with Crippen molar-refractivity contribution in [2.75, 3.05) is 0 Å². The van der Waals surface area contributed by atoms with Crippen LogP contribution < -0.4 is 0 Å². The highest BCUT2D eigenvalue weighted by atomic mass is 16.3. The van der Waals surface area contributed by atoms with Crippen LogP contribution in [0.5, 0.6) is 0 Å². The molecule has 3 aliphatic carbocycles. The molecule has 1 nitrogen and oxygen atoms in total. The van der Waals surface area contributed by atoms with Gasteiger partial charge in [-0.15, -0.1) is 0 Å². The number of fused-ring (bicyclic) bond motifs is 1. The first kappa shape index (κ1) is 13.1. The molecule has 1 unspecified atom stereocenters. The zero-order chi connectivity index (χ0) is 14.8. The van der Waals surface area contributed by atoms with Crippen molar-refractivity contribution < 1.29 is 5.11 Å². The SMILES string of the molecule is C[C@@H](O)C1(C)CC2c3ccccc3C1(C)c1ccccc12. The molecule has 0 saturated carbocycles. The first-order chi connectivity index (χ1) is 10.00. The monoisotopic (exact) mass is 278 g/mol. The van der Waals surface area contributed by atoms with Crippen LogP contribution in [-0.4, -0.2) is 11.2 Å². The average molecular weight is 278 g/mol. The summed E-state index contributed by atoms with van der Waals surface area (Å²) in [5.41, 5.74) is 5.48. The zero-order valence-electron chi connectivity index (χ0n) is 12.9. The fraction of sp³-hybridized carbons (Fsp3) is 0.400. The minimum atomic E-state index is -0.327. The lowest BCUT2D eigenvalue weighted by Gasteiger charge is -2.60. The van der Waals surface area contributed by atoms with Crippen LogP contribution in [-0.2, 0) is 5.41 Å². The highest BCUT2D eigenvalue weighted by Crippen LogP contribution is 2.65. The Morgan fingerprint density at radius 3 is 1.90 bits per heavy atom. The van der Waals surface area contributed by atoms with Crippen molar-refractivity contribution in [1.29, 1.82) is 0 Å². The highest BCUT2D eigenvalue weighted by molar-refractivity contribution is 5.60. The molecule has 0 amide bonds. The van der Waals surface area contributed by atoms with E-state index >= 15 is 0 Å². The lowest BCUT2D eigenvalue weighted by atomic mass is 9.44. The molecule has 2 atom stereocenters. The second kappa shape index (κ2) is 3.98. The Bertz CT molecular complexity index is 668. The van der Waals surface area contributed by atoms with E-state index in [9.17, 15) is 5.11 Å². The summed E-state index contributed by atoms with van der Waals surface area (Å²) in [7, 11) is 0. The maximum Gasteiger partial charge on any atom is 0.0577 e. The molecule has 1 N–H and O–H groups in total. The Morgan fingerprint density at radius 1 is 0.952 bits per heavy atom. The Morgan fingerprint density at radius 2 is 1.43 bits per heavy atom. The van der Waals surface area contributed by atoms with Crippen LogP contribution in [0.2, 0.25) is 0 Å². The minimum absolute atomic E-state index is 0.122. The largest absolute Gasteiger partial charge is 0.393 e. The second-order valence-corrected chi connectivity index (χ2v) is 7.15. The van der Waals surface area contributed by atoms with Crippen molar-refractivity contribution >= 4 is 0 Å². The summed E-state index contributed by atoms with van der Waals surface area (Å²) in [6.45, 7) is 6.54. The summed E-state index contributed by atoms with van der Waals surface area (Å²) in [6, 6.07) is 17.6. The van der Waals surface area contributed by atoms with Crippen molar-refractivity contribution in [3.63, 3.8) is 0 Å². The van der Waals surface area contributed by atoms with Crippen LogP contribution in [0.4, 0.5) is 0 Å². The lowest BCUT2D eigenvalue weighted by Crippen LogP contribution is -2.56. The third-order valence-corrected chi connectivity index (χ3v) is 6.44. The summed E-state index contributed by atoms with van der Waals surface area (Å²) in [5, 5.41) is 10.6. The van der Waals surface area contributed by atoms with Gasteiger partial charge in [-0.25, -0.2) is 0 Å². The fourth-order valence-electron chi connectivity index (χ4n) is 4.88. The summed E-state index contributed by atoms with van der Waals surface area (Å²) >= 11 is 0. The summed E-state index contributed by atoms with van der Waals surface area (Å²) in [5.74, 6) is 0.416. The van der Waals surface area contributed by atoms with Crippen LogP contribution >= 0.6 is 0 Å². The molecular formula is C20H22O. The maximum atomic E-state index is 10.6. The average Bonchev–Trinajstić information content (AvgIpc) is 2.50. The van der Waals surface area contributed by atoms with Gasteiger partial charge in [-0.2, -0.15) is 0 Å². The van der Waals surface area contributed by atoms with Crippen molar-refractivity contribution in [2.24, 2.45) is 5.41 Å². The number of rotatable bonds is 1. The van der Waals surface area contributed by atoms with Gasteiger partial charge in [-0.05, 0) is 35.6 Å². The molecule has 0 spiro atoms. The van der Waals surface area contributed by atoms with Crippen molar-refractivity contribution in [1.82, 2.24) is 0 Å². The van der Waals surface area contributed by atoms with E-state index in [4.69, 9.17) is 0 Å². The molecule has 0 saturated heterocycles. The standard InChI is InChI=1S/C20H22O/c1-13(21)19(2)12-16-14-8-4-6-10-17(14)20(19,3)18-11-7-5-9-15(16)18/h4-11,13,16,21H,12H2,1-3H3/t13-,16?,19?,20?/m1/s1. The quantitative estimate of drug-likeness (QED) is 0.827.